The summed E-state index contributed by atoms with van der Waals surface area (Å²) in [5.74, 6) is 0.750. The fourth-order valence-electron chi connectivity index (χ4n) is 3.70. The summed E-state index contributed by atoms with van der Waals surface area (Å²) in [6.45, 7) is 2.27. The Bertz CT molecular complexity index is 530. The molecule has 1 aliphatic heterocycles. The molecular weight excluding hydrogens is 288 g/mol. The van der Waals surface area contributed by atoms with Crippen LogP contribution in [-0.4, -0.2) is 55.0 Å². The molecule has 125 valence electrons. The first-order valence-corrected chi connectivity index (χ1v) is 8.77. The summed E-state index contributed by atoms with van der Waals surface area (Å²) < 4.78 is 6.12. The van der Waals surface area contributed by atoms with Gasteiger partial charge in [-0.25, -0.2) is 0 Å². The number of hydrogen-bond donors (Lipinski definition) is 0. The fraction of sp³-hybridized carbons (Fsp3) is 0.632. The number of rotatable bonds is 4. The van der Waals surface area contributed by atoms with Gasteiger partial charge in [0, 0.05) is 33.2 Å². The Morgan fingerprint density at radius 2 is 1.91 bits per heavy atom. The van der Waals surface area contributed by atoms with Gasteiger partial charge in [-0.2, -0.15) is 0 Å². The van der Waals surface area contributed by atoms with E-state index in [4.69, 9.17) is 4.74 Å². The van der Waals surface area contributed by atoms with Crippen molar-refractivity contribution in [3.63, 3.8) is 0 Å². The summed E-state index contributed by atoms with van der Waals surface area (Å²) in [7, 11) is 3.50. The Morgan fingerprint density at radius 3 is 2.57 bits per heavy atom. The van der Waals surface area contributed by atoms with Crippen molar-refractivity contribution in [2.75, 3.05) is 27.2 Å². The summed E-state index contributed by atoms with van der Waals surface area (Å²) in [6.07, 6.45) is 7.94. The van der Waals surface area contributed by atoms with Crippen molar-refractivity contribution >= 4 is 5.91 Å². The third-order valence-electron chi connectivity index (χ3n) is 5.03. The highest BCUT2D eigenvalue weighted by atomic mass is 16.5. The van der Waals surface area contributed by atoms with Crippen molar-refractivity contribution in [1.82, 2.24) is 9.80 Å². The average molecular weight is 315 g/mol. The molecule has 1 radical (unpaired) electrons. The van der Waals surface area contributed by atoms with Gasteiger partial charge in [-0.1, -0.05) is 12.8 Å². The smallest absolute Gasteiger partial charge is 0.254 e. The van der Waals surface area contributed by atoms with Crippen LogP contribution in [0, 0.1) is 6.07 Å². The highest BCUT2D eigenvalue weighted by molar-refractivity contribution is 5.93. The first-order valence-electron chi connectivity index (χ1n) is 8.77. The van der Waals surface area contributed by atoms with Gasteiger partial charge in [-0.3, -0.25) is 4.79 Å². The van der Waals surface area contributed by atoms with Crippen LogP contribution < -0.4 is 4.74 Å². The molecule has 0 N–H and O–H groups in total. The fourth-order valence-corrected chi connectivity index (χ4v) is 3.70. The number of carbonyl (C=O) groups excluding carboxylic acids is 1. The van der Waals surface area contributed by atoms with Crippen molar-refractivity contribution in [1.29, 1.82) is 0 Å². The molecular formula is C19H27N2O2. The minimum absolute atomic E-state index is 0.0356. The molecule has 2 fully saturated rings. The summed E-state index contributed by atoms with van der Waals surface area (Å²) in [4.78, 5) is 16.2. The summed E-state index contributed by atoms with van der Waals surface area (Å²) in [5, 5.41) is 0. The van der Waals surface area contributed by atoms with Crippen LogP contribution in [0.1, 0.15) is 48.9 Å². The van der Waals surface area contributed by atoms with E-state index in [0.29, 0.717) is 5.56 Å². The maximum Gasteiger partial charge on any atom is 0.254 e. The van der Waals surface area contributed by atoms with Gasteiger partial charge in [0.1, 0.15) is 11.9 Å². The van der Waals surface area contributed by atoms with Crippen LogP contribution in [0.5, 0.6) is 5.75 Å². The van der Waals surface area contributed by atoms with E-state index >= 15 is 0 Å². The van der Waals surface area contributed by atoms with E-state index in [2.05, 4.69) is 11.0 Å². The number of carbonyl (C=O) groups is 1. The molecule has 1 aromatic carbocycles. The first-order chi connectivity index (χ1) is 11.1. The highest BCUT2D eigenvalue weighted by Crippen LogP contribution is 2.27. The Kier molecular flexibility index (Phi) is 5.21. The van der Waals surface area contributed by atoms with Gasteiger partial charge in [-0.05, 0) is 49.9 Å². The predicted octanol–water partition coefficient (Wildman–Crippen LogP) is 2.97. The lowest BCUT2D eigenvalue weighted by Crippen LogP contribution is -2.43. The molecule has 4 heteroatoms. The monoisotopic (exact) mass is 315 g/mol. The summed E-state index contributed by atoms with van der Waals surface area (Å²) in [6, 6.07) is 9.29. The molecule has 1 aliphatic carbocycles. The Morgan fingerprint density at radius 1 is 1.22 bits per heavy atom. The molecule has 1 saturated carbocycles. The van der Waals surface area contributed by atoms with Crippen LogP contribution in [0.25, 0.3) is 0 Å². The van der Waals surface area contributed by atoms with Crippen LogP contribution in [0.15, 0.2) is 18.2 Å². The van der Waals surface area contributed by atoms with Crippen molar-refractivity contribution in [3.8, 4) is 5.75 Å². The molecule has 0 bridgehead atoms. The minimum Gasteiger partial charge on any atom is -0.490 e. The maximum absolute atomic E-state index is 12.0. The zero-order valence-corrected chi connectivity index (χ0v) is 14.3. The van der Waals surface area contributed by atoms with Gasteiger partial charge in [0.05, 0.1) is 5.56 Å². The van der Waals surface area contributed by atoms with E-state index in [9.17, 15) is 4.79 Å². The van der Waals surface area contributed by atoms with Crippen LogP contribution in [0.2, 0.25) is 0 Å². The molecule has 4 nitrogen and oxygen atoms in total. The van der Waals surface area contributed by atoms with Crippen molar-refractivity contribution in [2.45, 2.75) is 50.7 Å². The number of benzene rings is 1. The maximum atomic E-state index is 12.0. The average Bonchev–Trinajstić information content (AvgIpc) is 3.09. The summed E-state index contributed by atoms with van der Waals surface area (Å²) in [5.41, 5.74) is 0.566. The molecule has 0 unspecified atom stereocenters. The van der Waals surface area contributed by atoms with Crippen LogP contribution >= 0.6 is 0 Å². The van der Waals surface area contributed by atoms with Crippen molar-refractivity contribution in [3.05, 3.63) is 29.8 Å². The van der Waals surface area contributed by atoms with E-state index in [-0.39, 0.29) is 12.0 Å². The van der Waals surface area contributed by atoms with E-state index in [1.54, 1.807) is 25.1 Å². The lowest BCUT2D eigenvalue weighted by atomic mass is 10.0. The lowest BCUT2D eigenvalue weighted by molar-refractivity contribution is 0.0760. The third kappa shape index (κ3) is 4.05. The Labute approximate surface area is 139 Å². The van der Waals surface area contributed by atoms with Gasteiger partial charge < -0.3 is 14.5 Å². The number of ether oxygens (including phenoxy) is 1. The second-order valence-electron chi connectivity index (χ2n) is 6.93. The minimum atomic E-state index is -0.0356. The van der Waals surface area contributed by atoms with E-state index in [1.165, 1.54) is 25.7 Å². The van der Waals surface area contributed by atoms with Crippen molar-refractivity contribution < 1.29 is 9.53 Å². The standard InChI is InChI=1S/C19H27N2O2/c1-20(2)19(22)15-6-5-9-18(14-15)23-17-10-12-21(13-11-17)16-7-3-4-8-16/h5,9,14,16-17H,3-4,7-8,10-13H2,1-2H3. The van der Waals surface area contributed by atoms with Crippen LogP contribution in [0.4, 0.5) is 0 Å². The highest BCUT2D eigenvalue weighted by Gasteiger charge is 2.27. The molecule has 0 aromatic heterocycles. The third-order valence-corrected chi connectivity index (χ3v) is 5.03. The topological polar surface area (TPSA) is 32.8 Å². The second kappa shape index (κ2) is 7.35. The van der Waals surface area contributed by atoms with Crippen molar-refractivity contribution in [2.24, 2.45) is 0 Å². The lowest BCUT2D eigenvalue weighted by Gasteiger charge is -2.36. The van der Waals surface area contributed by atoms with Gasteiger partial charge in [0.15, 0.2) is 0 Å². The molecule has 1 heterocycles. The molecule has 23 heavy (non-hydrogen) atoms. The summed E-state index contributed by atoms with van der Waals surface area (Å²) >= 11 is 0. The molecule has 1 amide bonds. The zero-order valence-electron chi connectivity index (χ0n) is 14.3. The van der Waals surface area contributed by atoms with E-state index in [1.807, 2.05) is 12.1 Å². The molecule has 0 atom stereocenters. The first kappa shape index (κ1) is 16.3. The van der Waals surface area contributed by atoms with Gasteiger partial charge in [-0.15, -0.1) is 0 Å². The largest absolute Gasteiger partial charge is 0.490 e. The Hall–Kier alpha value is -1.55. The van der Waals surface area contributed by atoms with E-state index < -0.39 is 0 Å². The second-order valence-corrected chi connectivity index (χ2v) is 6.93. The number of likely N-dealkylation sites (tertiary alicyclic amines) is 1. The number of amides is 1. The SMILES string of the molecule is CN(C)C(=O)c1[c]ccc(OC2CCN(C3CCCC3)CC2)c1. The molecule has 1 aromatic rings. The number of nitrogens with zero attached hydrogens (tertiary/aromatic N) is 2. The number of hydrogen-bond acceptors (Lipinski definition) is 3. The molecule has 2 aliphatic rings. The van der Waals surface area contributed by atoms with Crippen LogP contribution in [-0.2, 0) is 0 Å². The van der Waals surface area contributed by atoms with Crippen LogP contribution in [0.3, 0.4) is 0 Å². The molecule has 1 saturated heterocycles. The quantitative estimate of drug-likeness (QED) is 0.856. The number of piperidine rings is 1. The Balaban J connectivity index is 1.54. The van der Waals surface area contributed by atoms with E-state index in [0.717, 1.165) is 37.7 Å². The molecule has 3 rings (SSSR count). The molecule has 0 spiro atoms. The van der Waals surface area contributed by atoms with Gasteiger partial charge >= 0.3 is 0 Å². The zero-order chi connectivity index (χ0) is 16.2. The van der Waals surface area contributed by atoms with Gasteiger partial charge in [0.25, 0.3) is 5.91 Å². The van der Waals surface area contributed by atoms with Gasteiger partial charge in [0.2, 0.25) is 0 Å². The normalized spacial score (nSPS) is 20.6. The predicted molar refractivity (Wildman–Crippen MR) is 90.8 cm³/mol.